The first-order valence-corrected chi connectivity index (χ1v) is 19.9. The maximum Gasteiger partial charge on any atom is 0.233 e. The minimum absolute atomic E-state index is 0.00251. The third kappa shape index (κ3) is 6.32. The van der Waals surface area contributed by atoms with E-state index in [2.05, 4.69) is 27.7 Å². The lowest BCUT2D eigenvalue weighted by molar-refractivity contribution is -0.146. The first kappa shape index (κ1) is 34.6. The van der Waals surface area contributed by atoms with Crippen LogP contribution in [-0.2, 0) is 28.7 Å². The zero-order valence-corrected chi connectivity index (χ0v) is 30.4. The molecule has 8 heteroatoms. The molecular weight excluding hydrogens is 604 g/mol. The van der Waals surface area contributed by atoms with Crippen LogP contribution in [0.4, 0.5) is 0 Å². The lowest BCUT2D eigenvalue weighted by Crippen LogP contribution is -2.49. The standard InChI is InChI=1S/C40H62N2O6/c1-23-7-6-8-24(2)35(23)42-38(45)32-20-18-30(22-34(32)39(42)46)48-28-15-11-26(12-16-28)40(3,4)25-9-13-27(14-10-25)47-29-17-19-31-33(21-29)37(44)41(5)36(31)43/h23-35H,6-22H2,1-5H3. The van der Waals surface area contributed by atoms with Crippen LogP contribution in [0.25, 0.3) is 0 Å². The van der Waals surface area contributed by atoms with Gasteiger partial charge in [0.1, 0.15) is 0 Å². The van der Waals surface area contributed by atoms with Crippen LogP contribution in [-0.4, -0.2) is 70.9 Å². The monoisotopic (exact) mass is 666 g/mol. The van der Waals surface area contributed by atoms with Crippen molar-refractivity contribution in [3.63, 3.8) is 0 Å². The second-order valence-corrected chi connectivity index (χ2v) is 18.0. The number of rotatable bonds is 7. The minimum Gasteiger partial charge on any atom is -0.375 e. The topological polar surface area (TPSA) is 93.2 Å². The molecule has 5 aliphatic carbocycles. The largest absolute Gasteiger partial charge is 0.375 e. The molecule has 0 N–H and O–H groups in total. The molecule has 8 atom stereocenters. The summed E-state index contributed by atoms with van der Waals surface area (Å²) in [6.07, 6.45) is 18.0. The highest BCUT2D eigenvalue weighted by atomic mass is 16.5. The van der Waals surface area contributed by atoms with Crippen LogP contribution in [0.1, 0.15) is 137 Å². The van der Waals surface area contributed by atoms with Crippen LogP contribution in [0, 0.1) is 52.8 Å². The Morgan fingerprint density at radius 2 is 0.917 bits per heavy atom. The number of fused-ring (bicyclic) bond motifs is 2. The normalized spacial score (nSPS) is 44.2. The van der Waals surface area contributed by atoms with E-state index in [1.807, 2.05) is 0 Å². The quantitative estimate of drug-likeness (QED) is 0.274. The molecule has 5 saturated carbocycles. The minimum atomic E-state index is -0.182. The molecule has 7 rings (SSSR count). The summed E-state index contributed by atoms with van der Waals surface area (Å²) in [6.45, 7) is 9.44. The summed E-state index contributed by atoms with van der Waals surface area (Å²) < 4.78 is 13.3. The van der Waals surface area contributed by atoms with Gasteiger partial charge < -0.3 is 9.47 Å². The number of nitrogens with zero attached hydrogens (tertiary/aromatic N) is 2. The lowest BCUT2D eigenvalue weighted by atomic mass is 9.60. The van der Waals surface area contributed by atoms with Crippen molar-refractivity contribution >= 4 is 23.6 Å². The summed E-state index contributed by atoms with van der Waals surface area (Å²) >= 11 is 0. The SMILES string of the molecule is CC1CCCC(C)C1N1C(=O)C2CCC(OC3CCC(C(C)(C)C4CCC(OC5CCC6C(=O)N(C)C(=O)C6C5)CC4)CC3)CC2C1=O. The molecule has 0 radical (unpaired) electrons. The van der Waals surface area contributed by atoms with E-state index >= 15 is 0 Å². The maximum absolute atomic E-state index is 13.7. The van der Waals surface area contributed by atoms with Gasteiger partial charge in [-0.15, -0.1) is 0 Å². The van der Waals surface area contributed by atoms with Gasteiger partial charge in [0.25, 0.3) is 0 Å². The number of ether oxygens (including phenoxy) is 2. The van der Waals surface area contributed by atoms with E-state index in [4.69, 9.17) is 9.47 Å². The van der Waals surface area contributed by atoms with Crippen LogP contribution in [0.15, 0.2) is 0 Å². The Balaban J connectivity index is 0.852. The molecule has 7 aliphatic rings. The molecule has 8 unspecified atom stereocenters. The van der Waals surface area contributed by atoms with Gasteiger partial charge in [0.2, 0.25) is 23.6 Å². The highest BCUT2D eigenvalue weighted by molar-refractivity contribution is 6.06. The fourth-order valence-corrected chi connectivity index (χ4v) is 12.0. The highest BCUT2D eigenvalue weighted by Crippen LogP contribution is 2.50. The second-order valence-electron chi connectivity index (χ2n) is 18.0. The van der Waals surface area contributed by atoms with Gasteiger partial charge in [-0.2, -0.15) is 0 Å². The Kier molecular flexibility index (Phi) is 9.91. The molecule has 0 spiro atoms. The van der Waals surface area contributed by atoms with Crippen molar-refractivity contribution in [3.05, 3.63) is 0 Å². The van der Waals surface area contributed by atoms with E-state index in [1.165, 1.54) is 37.0 Å². The Morgan fingerprint density at radius 1 is 0.521 bits per heavy atom. The summed E-state index contributed by atoms with van der Waals surface area (Å²) in [5.41, 5.74) is 0.279. The molecule has 2 heterocycles. The predicted octanol–water partition coefficient (Wildman–Crippen LogP) is 6.93. The van der Waals surface area contributed by atoms with E-state index in [0.717, 1.165) is 64.2 Å². The number of carbonyl (C=O) groups is 4. The molecule has 2 aliphatic heterocycles. The highest BCUT2D eigenvalue weighted by Gasteiger charge is 2.54. The van der Waals surface area contributed by atoms with E-state index in [1.54, 1.807) is 11.9 Å². The average molecular weight is 667 g/mol. The number of imide groups is 2. The van der Waals surface area contributed by atoms with Gasteiger partial charge in [0, 0.05) is 13.1 Å². The van der Waals surface area contributed by atoms with Gasteiger partial charge in [-0.25, -0.2) is 0 Å². The van der Waals surface area contributed by atoms with Crippen molar-refractivity contribution in [1.29, 1.82) is 0 Å². The number of carbonyl (C=O) groups excluding carboxylic acids is 4. The van der Waals surface area contributed by atoms with Gasteiger partial charge in [0.05, 0.1) is 48.1 Å². The van der Waals surface area contributed by atoms with Crippen molar-refractivity contribution in [2.75, 3.05) is 7.05 Å². The Hall–Kier alpha value is -1.80. The molecule has 2 saturated heterocycles. The molecule has 0 bridgehead atoms. The summed E-state index contributed by atoms with van der Waals surface area (Å²) in [6, 6.07) is 0.0732. The van der Waals surface area contributed by atoms with Crippen LogP contribution in [0.3, 0.4) is 0 Å². The first-order chi connectivity index (χ1) is 22.9. The Labute approximate surface area is 288 Å². The molecule has 0 aromatic rings. The molecule has 48 heavy (non-hydrogen) atoms. The lowest BCUT2D eigenvalue weighted by Gasteiger charge is -2.47. The van der Waals surface area contributed by atoms with Gasteiger partial charge in [0.15, 0.2) is 0 Å². The van der Waals surface area contributed by atoms with E-state index in [9.17, 15) is 19.2 Å². The average Bonchev–Trinajstić information content (AvgIpc) is 3.44. The molecule has 7 fully saturated rings. The van der Waals surface area contributed by atoms with E-state index in [-0.39, 0.29) is 83.2 Å². The molecule has 8 nitrogen and oxygen atoms in total. The number of amides is 4. The summed E-state index contributed by atoms with van der Waals surface area (Å²) in [5, 5.41) is 0. The van der Waals surface area contributed by atoms with Crippen molar-refractivity contribution < 1.29 is 28.7 Å². The van der Waals surface area contributed by atoms with E-state index in [0.29, 0.717) is 36.5 Å². The first-order valence-electron chi connectivity index (χ1n) is 19.9. The van der Waals surface area contributed by atoms with Gasteiger partial charge >= 0.3 is 0 Å². The molecule has 268 valence electrons. The van der Waals surface area contributed by atoms with Crippen molar-refractivity contribution in [2.45, 2.75) is 167 Å². The zero-order valence-electron chi connectivity index (χ0n) is 30.4. The third-order valence-corrected chi connectivity index (χ3v) is 15.0. The molecule has 4 amide bonds. The third-order valence-electron chi connectivity index (χ3n) is 15.0. The van der Waals surface area contributed by atoms with Gasteiger partial charge in [-0.3, -0.25) is 29.0 Å². The summed E-state index contributed by atoms with van der Waals surface area (Å²) in [7, 11) is 1.63. The summed E-state index contributed by atoms with van der Waals surface area (Å²) in [4.78, 5) is 55.2. The Morgan fingerprint density at radius 3 is 1.42 bits per heavy atom. The van der Waals surface area contributed by atoms with Crippen molar-refractivity contribution in [2.24, 2.45) is 52.8 Å². The summed E-state index contributed by atoms with van der Waals surface area (Å²) in [5.74, 6) is 1.74. The maximum atomic E-state index is 13.7. The van der Waals surface area contributed by atoms with Crippen LogP contribution in [0.5, 0.6) is 0 Å². The number of likely N-dealkylation sites (tertiary alicyclic amines) is 2. The number of hydrogen-bond donors (Lipinski definition) is 0. The van der Waals surface area contributed by atoms with Crippen LogP contribution >= 0.6 is 0 Å². The predicted molar refractivity (Wildman–Crippen MR) is 182 cm³/mol. The molecule has 0 aromatic carbocycles. The number of hydrogen-bond acceptors (Lipinski definition) is 6. The van der Waals surface area contributed by atoms with Gasteiger partial charge in [-0.1, -0.05) is 34.1 Å². The van der Waals surface area contributed by atoms with Crippen molar-refractivity contribution in [3.8, 4) is 0 Å². The second kappa shape index (κ2) is 13.7. The molecular formula is C40H62N2O6. The van der Waals surface area contributed by atoms with Crippen molar-refractivity contribution in [1.82, 2.24) is 9.80 Å². The van der Waals surface area contributed by atoms with Crippen LogP contribution in [0.2, 0.25) is 0 Å². The van der Waals surface area contributed by atoms with Gasteiger partial charge in [-0.05, 0) is 132 Å². The van der Waals surface area contributed by atoms with Crippen LogP contribution < -0.4 is 0 Å². The molecule has 0 aromatic heterocycles. The smallest absolute Gasteiger partial charge is 0.233 e. The zero-order chi connectivity index (χ0) is 33.9. The fraction of sp³-hybridized carbons (Fsp3) is 0.900. The fourth-order valence-electron chi connectivity index (χ4n) is 12.0. The van der Waals surface area contributed by atoms with E-state index < -0.39 is 0 Å². The Bertz CT molecular complexity index is 1220.